The van der Waals surface area contributed by atoms with Crippen molar-refractivity contribution in [1.29, 1.82) is 0 Å². The number of para-hydroxylation sites is 1. The Balaban J connectivity index is 1.97. The van der Waals surface area contributed by atoms with Gasteiger partial charge in [-0.15, -0.1) is 0 Å². The van der Waals surface area contributed by atoms with Gasteiger partial charge in [-0.1, -0.05) is 18.2 Å². The van der Waals surface area contributed by atoms with Crippen LogP contribution in [0.5, 0.6) is 5.75 Å². The lowest BCUT2D eigenvalue weighted by Crippen LogP contribution is -2.21. The third-order valence-electron chi connectivity index (χ3n) is 3.22. The minimum Gasteiger partial charge on any atom is -0.493 e. The van der Waals surface area contributed by atoms with Crippen molar-refractivity contribution >= 4 is 5.78 Å². The molecule has 90 valence electrons. The first-order valence-corrected chi connectivity index (χ1v) is 6.02. The minimum absolute atomic E-state index is 0.112. The van der Waals surface area contributed by atoms with Crippen molar-refractivity contribution in [3.63, 3.8) is 0 Å². The number of carbonyl (C=O) groups excluding carboxylic acids is 1. The highest BCUT2D eigenvalue weighted by molar-refractivity contribution is 6.01. The minimum atomic E-state index is -0.112. The Morgan fingerprint density at radius 3 is 2.94 bits per heavy atom. The van der Waals surface area contributed by atoms with E-state index in [2.05, 4.69) is 4.98 Å². The lowest BCUT2D eigenvalue weighted by atomic mass is 9.87. The monoisotopic (exact) mass is 239 g/mol. The number of Topliss-reactive ketones (excluding diaryl/α,β-unsaturated/α-hetero) is 1. The molecule has 0 bridgehead atoms. The number of carbonyl (C=O) groups is 1. The van der Waals surface area contributed by atoms with E-state index in [4.69, 9.17) is 4.74 Å². The second-order valence-electron chi connectivity index (χ2n) is 4.33. The van der Waals surface area contributed by atoms with Crippen molar-refractivity contribution in [2.45, 2.75) is 12.3 Å². The zero-order chi connectivity index (χ0) is 12.4. The Labute approximate surface area is 105 Å². The SMILES string of the molecule is O=C(c1cccnc1)C1CCOc2ccccc21. The van der Waals surface area contributed by atoms with Crippen LogP contribution in [0.4, 0.5) is 0 Å². The maximum absolute atomic E-state index is 12.5. The molecule has 0 saturated heterocycles. The van der Waals surface area contributed by atoms with Crippen LogP contribution in [0.2, 0.25) is 0 Å². The van der Waals surface area contributed by atoms with Gasteiger partial charge < -0.3 is 4.74 Å². The predicted octanol–water partition coefficient (Wildman–Crippen LogP) is 2.83. The van der Waals surface area contributed by atoms with Crippen molar-refractivity contribution in [3.05, 3.63) is 59.9 Å². The van der Waals surface area contributed by atoms with Gasteiger partial charge in [0.1, 0.15) is 5.75 Å². The fourth-order valence-corrected chi connectivity index (χ4v) is 2.32. The van der Waals surface area contributed by atoms with Crippen LogP contribution in [0, 0.1) is 0 Å². The maximum atomic E-state index is 12.5. The largest absolute Gasteiger partial charge is 0.493 e. The van der Waals surface area contributed by atoms with Gasteiger partial charge in [-0.3, -0.25) is 9.78 Å². The van der Waals surface area contributed by atoms with Gasteiger partial charge in [0.15, 0.2) is 5.78 Å². The molecule has 1 atom stereocenters. The van der Waals surface area contributed by atoms with Gasteiger partial charge in [0.25, 0.3) is 0 Å². The fourth-order valence-electron chi connectivity index (χ4n) is 2.32. The second-order valence-corrected chi connectivity index (χ2v) is 4.33. The third-order valence-corrected chi connectivity index (χ3v) is 3.22. The van der Waals surface area contributed by atoms with E-state index >= 15 is 0 Å². The molecule has 0 N–H and O–H groups in total. The molecule has 2 heterocycles. The third kappa shape index (κ3) is 1.88. The van der Waals surface area contributed by atoms with E-state index in [-0.39, 0.29) is 11.7 Å². The number of aromatic nitrogens is 1. The molecule has 1 unspecified atom stereocenters. The number of ketones is 1. The Morgan fingerprint density at radius 2 is 2.11 bits per heavy atom. The Kier molecular flexibility index (Phi) is 2.81. The topological polar surface area (TPSA) is 39.2 Å². The van der Waals surface area contributed by atoms with Gasteiger partial charge in [-0.2, -0.15) is 0 Å². The molecule has 1 aliphatic rings. The van der Waals surface area contributed by atoms with Crippen LogP contribution < -0.4 is 4.74 Å². The summed E-state index contributed by atoms with van der Waals surface area (Å²) in [6.45, 7) is 0.591. The van der Waals surface area contributed by atoms with E-state index in [1.54, 1.807) is 18.5 Å². The molecule has 3 rings (SSSR count). The molecule has 0 amide bonds. The number of fused-ring (bicyclic) bond motifs is 1. The van der Waals surface area contributed by atoms with E-state index in [1.807, 2.05) is 30.3 Å². The lowest BCUT2D eigenvalue weighted by Gasteiger charge is -2.24. The van der Waals surface area contributed by atoms with Gasteiger partial charge in [0.05, 0.1) is 12.5 Å². The summed E-state index contributed by atoms with van der Waals surface area (Å²) in [5.41, 5.74) is 1.65. The average Bonchev–Trinajstić information content (AvgIpc) is 2.47. The summed E-state index contributed by atoms with van der Waals surface area (Å²) in [6.07, 6.45) is 4.03. The highest BCUT2D eigenvalue weighted by atomic mass is 16.5. The van der Waals surface area contributed by atoms with Gasteiger partial charge in [-0.25, -0.2) is 0 Å². The number of pyridine rings is 1. The number of benzene rings is 1. The summed E-state index contributed by atoms with van der Waals surface area (Å²) < 4.78 is 5.57. The summed E-state index contributed by atoms with van der Waals surface area (Å²) in [5.74, 6) is 0.837. The van der Waals surface area contributed by atoms with Crippen LogP contribution in [-0.2, 0) is 0 Å². The maximum Gasteiger partial charge on any atom is 0.172 e. The molecule has 1 aromatic heterocycles. The summed E-state index contributed by atoms with van der Waals surface area (Å²) in [7, 11) is 0. The molecule has 3 heteroatoms. The van der Waals surface area contributed by atoms with E-state index in [1.165, 1.54) is 0 Å². The molecule has 0 spiro atoms. The second kappa shape index (κ2) is 4.61. The van der Waals surface area contributed by atoms with Gasteiger partial charge >= 0.3 is 0 Å². The lowest BCUT2D eigenvalue weighted by molar-refractivity contribution is 0.0932. The summed E-state index contributed by atoms with van der Waals surface area (Å²) in [4.78, 5) is 16.5. The zero-order valence-corrected chi connectivity index (χ0v) is 9.87. The van der Waals surface area contributed by atoms with Crippen LogP contribution in [0.3, 0.4) is 0 Å². The smallest absolute Gasteiger partial charge is 0.172 e. The molecule has 0 radical (unpaired) electrons. The van der Waals surface area contributed by atoms with Crippen molar-refractivity contribution < 1.29 is 9.53 Å². The first kappa shape index (κ1) is 11.0. The number of hydrogen-bond donors (Lipinski definition) is 0. The summed E-state index contributed by atoms with van der Waals surface area (Å²) >= 11 is 0. The van der Waals surface area contributed by atoms with Gasteiger partial charge in [0.2, 0.25) is 0 Å². The quantitative estimate of drug-likeness (QED) is 0.756. The van der Waals surface area contributed by atoms with Crippen molar-refractivity contribution in [2.75, 3.05) is 6.61 Å². The Morgan fingerprint density at radius 1 is 1.22 bits per heavy atom. The molecule has 18 heavy (non-hydrogen) atoms. The molecular weight excluding hydrogens is 226 g/mol. The number of rotatable bonds is 2. The van der Waals surface area contributed by atoms with Crippen LogP contribution >= 0.6 is 0 Å². The average molecular weight is 239 g/mol. The first-order valence-electron chi connectivity index (χ1n) is 6.02. The van der Waals surface area contributed by atoms with Crippen LogP contribution in [0.1, 0.15) is 28.3 Å². The first-order chi connectivity index (χ1) is 8.86. The molecule has 0 aliphatic carbocycles. The number of hydrogen-bond acceptors (Lipinski definition) is 3. The van der Waals surface area contributed by atoms with E-state index < -0.39 is 0 Å². The molecule has 0 saturated carbocycles. The summed E-state index contributed by atoms with van der Waals surface area (Å²) in [6, 6.07) is 11.4. The van der Waals surface area contributed by atoms with Gasteiger partial charge in [-0.05, 0) is 24.6 Å². The van der Waals surface area contributed by atoms with E-state index in [9.17, 15) is 4.79 Å². The van der Waals surface area contributed by atoms with Gasteiger partial charge in [0, 0.05) is 23.5 Å². The molecule has 1 aromatic carbocycles. The molecule has 3 nitrogen and oxygen atoms in total. The molecule has 2 aromatic rings. The summed E-state index contributed by atoms with van der Waals surface area (Å²) in [5, 5.41) is 0. The number of ether oxygens (including phenoxy) is 1. The highest BCUT2D eigenvalue weighted by Crippen LogP contribution is 2.35. The zero-order valence-electron chi connectivity index (χ0n) is 9.87. The van der Waals surface area contributed by atoms with Crippen LogP contribution in [0.25, 0.3) is 0 Å². The standard InChI is InChI=1S/C15H13NO2/c17-15(11-4-3-8-16-10-11)13-7-9-18-14-6-2-1-5-12(13)14/h1-6,8,10,13H,7,9H2. The predicted molar refractivity (Wildman–Crippen MR) is 67.9 cm³/mol. The Bertz CT molecular complexity index is 566. The molecule has 1 aliphatic heterocycles. The van der Waals surface area contributed by atoms with Crippen LogP contribution in [0.15, 0.2) is 48.8 Å². The van der Waals surface area contributed by atoms with E-state index in [0.717, 1.165) is 17.7 Å². The Hall–Kier alpha value is -2.16. The number of nitrogens with zero attached hydrogens (tertiary/aromatic N) is 1. The van der Waals surface area contributed by atoms with E-state index in [0.29, 0.717) is 12.2 Å². The van der Waals surface area contributed by atoms with Crippen molar-refractivity contribution in [3.8, 4) is 5.75 Å². The molecule has 0 fully saturated rings. The molecular formula is C15H13NO2. The van der Waals surface area contributed by atoms with Crippen molar-refractivity contribution in [1.82, 2.24) is 4.98 Å². The van der Waals surface area contributed by atoms with Crippen molar-refractivity contribution in [2.24, 2.45) is 0 Å². The van der Waals surface area contributed by atoms with Crippen LogP contribution in [-0.4, -0.2) is 17.4 Å². The normalized spacial score (nSPS) is 17.7. The highest BCUT2D eigenvalue weighted by Gasteiger charge is 2.28. The fraction of sp³-hybridized carbons (Fsp3) is 0.200.